The van der Waals surface area contributed by atoms with Crippen molar-refractivity contribution in [3.05, 3.63) is 96.1 Å². The largest absolute Gasteiger partial charge is 0.433 e. The Morgan fingerprint density at radius 1 is 0.912 bits per heavy atom. The molecular weight excluding hydrogens is 457 g/mol. The number of carbonyl (C=O) groups excluding carboxylic acids is 1. The van der Waals surface area contributed by atoms with E-state index >= 15 is 0 Å². The minimum atomic E-state index is -4.61. The summed E-state index contributed by atoms with van der Waals surface area (Å²) in [5.41, 5.74) is -0.493. The van der Waals surface area contributed by atoms with Crippen LogP contribution in [0, 0.1) is 11.6 Å². The highest BCUT2D eigenvalue weighted by Crippen LogP contribution is 2.29. The molecule has 6 nitrogen and oxygen atoms in total. The Balaban J connectivity index is 1.52. The van der Waals surface area contributed by atoms with Crippen molar-refractivity contribution in [3.8, 4) is 11.1 Å². The average molecular weight is 471 g/mol. The van der Waals surface area contributed by atoms with Gasteiger partial charge in [-0.05, 0) is 36.4 Å². The molecule has 0 saturated carbocycles. The summed E-state index contributed by atoms with van der Waals surface area (Å²) < 4.78 is 66.2. The molecule has 34 heavy (non-hydrogen) atoms. The number of benzene rings is 1. The van der Waals surface area contributed by atoms with E-state index in [-0.39, 0.29) is 34.0 Å². The third-order valence-electron chi connectivity index (χ3n) is 4.58. The highest BCUT2D eigenvalue weighted by atomic mass is 19.4. The molecule has 0 radical (unpaired) electrons. The van der Waals surface area contributed by atoms with Gasteiger partial charge in [0.05, 0.1) is 11.9 Å². The third-order valence-corrected chi connectivity index (χ3v) is 4.58. The first-order valence-corrected chi connectivity index (χ1v) is 9.69. The van der Waals surface area contributed by atoms with Gasteiger partial charge in [0, 0.05) is 29.1 Å². The summed E-state index contributed by atoms with van der Waals surface area (Å²) >= 11 is 0. The third kappa shape index (κ3) is 5.14. The van der Waals surface area contributed by atoms with Crippen molar-refractivity contribution in [1.82, 2.24) is 15.0 Å². The van der Waals surface area contributed by atoms with E-state index in [1.807, 2.05) is 0 Å². The number of pyridine rings is 3. The predicted molar refractivity (Wildman–Crippen MR) is 114 cm³/mol. The zero-order valence-electron chi connectivity index (χ0n) is 17.1. The van der Waals surface area contributed by atoms with Gasteiger partial charge in [-0.25, -0.2) is 18.7 Å². The number of hydrogen-bond acceptors (Lipinski definition) is 5. The number of alkyl halides is 3. The molecular formula is C23H14F5N5O. The minimum absolute atomic E-state index is 0.0208. The van der Waals surface area contributed by atoms with Crippen molar-refractivity contribution in [2.24, 2.45) is 0 Å². The smallest absolute Gasteiger partial charge is 0.325 e. The zero-order chi connectivity index (χ0) is 24.3. The molecule has 0 bridgehead atoms. The summed E-state index contributed by atoms with van der Waals surface area (Å²) in [6, 6.07) is 11.2. The first kappa shape index (κ1) is 22.8. The number of hydrogen-bond donors (Lipinski definition) is 2. The predicted octanol–water partition coefficient (Wildman–Crippen LogP) is 5.83. The number of carbonyl (C=O) groups is 1. The van der Waals surface area contributed by atoms with Crippen LogP contribution in [0.2, 0.25) is 0 Å². The molecule has 0 aliphatic heterocycles. The summed E-state index contributed by atoms with van der Waals surface area (Å²) in [5.74, 6) is -2.65. The summed E-state index contributed by atoms with van der Waals surface area (Å²) in [7, 11) is 0. The van der Waals surface area contributed by atoms with Gasteiger partial charge in [0.25, 0.3) is 5.91 Å². The Morgan fingerprint density at radius 3 is 2.50 bits per heavy atom. The number of aromatic nitrogens is 3. The van der Waals surface area contributed by atoms with Crippen molar-refractivity contribution in [2.45, 2.75) is 6.18 Å². The van der Waals surface area contributed by atoms with Gasteiger partial charge in [-0.3, -0.25) is 9.78 Å². The van der Waals surface area contributed by atoms with Crippen LogP contribution in [-0.2, 0) is 6.18 Å². The van der Waals surface area contributed by atoms with Gasteiger partial charge < -0.3 is 10.6 Å². The molecule has 0 fully saturated rings. The topological polar surface area (TPSA) is 79.8 Å². The monoisotopic (exact) mass is 471 g/mol. The molecule has 0 aliphatic rings. The Bertz CT molecular complexity index is 1360. The van der Waals surface area contributed by atoms with Crippen molar-refractivity contribution >= 4 is 23.2 Å². The summed E-state index contributed by atoms with van der Waals surface area (Å²) in [6.45, 7) is 0. The number of rotatable bonds is 5. The SMILES string of the molecule is O=C(Nc1cncc(-c2cccc(F)c2F)c1)c1ccnc(Nc2cccc(C(F)(F)F)n2)c1. The first-order valence-electron chi connectivity index (χ1n) is 9.69. The Morgan fingerprint density at radius 2 is 1.71 bits per heavy atom. The van der Waals surface area contributed by atoms with Gasteiger partial charge in [0.2, 0.25) is 0 Å². The van der Waals surface area contributed by atoms with Crippen LogP contribution in [-0.4, -0.2) is 20.9 Å². The maximum absolute atomic E-state index is 14.1. The van der Waals surface area contributed by atoms with E-state index in [1.165, 1.54) is 61.1 Å². The lowest BCUT2D eigenvalue weighted by atomic mass is 10.1. The molecule has 0 atom stereocenters. The molecule has 4 aromatic rings. The normalized spacial score (nSPS) is 11.2. The molecule has 11 heteroatoms. The van der Waals surface area contributed by atoms with Crippen LogP contribution < -0.4 is 10.6 Å². The van der Waals surface area contributed by atoms with E-state index in [1.54, 1.807) is 0 Å². The average Bonchev–Trinajstić information content (AvgIpc) is 2.81. The number of amides is 1. The van der Waals surface area contributed by atoms with Gasteiger partial charge in [-0.15, -0.1) is 0 Å². The van der Waals surface area contributed by atoms with Crippen molar-refractivity contribution in [3.63, 3.8) is 0 Å². The fourth-order valence-corrected chi connectivity index (χ4v) is 3.02. The van der Waals surface area contributed by atoms with Gasteiger partial charge >= 0.3 is 6.18 Å². The van der Waals surface area contributed by atoms with Crippen LogP contribution in [0.15, 0.2) is 73.2 Å². The minimum Gasteiger partial charge on any atom is -0.325 e. The second kappa shape index (κ2) is 9.22. The van der Waals surface area contributed by atoms with E-state index in [0.29, 0.717) is 0 Å². The van der Waals surface area contributed by atoms with Crippen molar-refractivity contribution in [2.75, 3.05) is 10.6 Å². The van der Waals surface area contributed by atoms with E-state index in [2.05, 4.69) is 25.6 Å². The molecule has 2 N–H and O–H groups in total. The van der Waals surface area contributed by atoms with Crippen molar-refractivity contribution in [1.29, 1.82) is 0 Å². The number of nitrogens with zero attached hydrogens (tertiary/aromatic N) is 3. The van der Waals surface area contributed by atoms with E-state index in [9.17, 15) is 26.7 Å². The summed E-state index contributed by atoms with van der Waals surface area (Å²) in [5, 5.41) is 5.21. The second-order valence-corrected chi connectivity index (χ2v) is 6.98. The molecule has 3 aromatic heterocycles. The van der Waals surface area contributed by atoms with Gasteiger partial charge in [-0.2, -0.15) is 13.2 Å². The fraction of sp³-hybridized carbons (Fsp3) is 0.0435. The molecule has 1 aromatic carbocycles. The molecule has 0 saturated heterocycles. The maximum atomic E-state index is 14.1. The van der Waals surface area contributed by atoms with Gasteiger partial charge in [0.15, 0.2) is 11.6 Å². The van der Waals surface area contributed by atoms with E-state index in [4.69, 9.17) is 0 Å². The van der Waals surface area contributed by atoms with Crippen LogP contribution in [0.5, 0.6) is 0 Å². The molecule has 0 unspecified atom stereocenters. The zero-order valence-corrected chi connectivity index (χ0v) is 17.1. The Kier molecular flexibility index (Phi) is 6.17. The molecule has 4 rings (SSSR count). The summed E-state index contributed by atoms with van der Waals surface area (Å²) in [4.78, 5) is 24.1. The van der Waals surface area contributed by atoms with Crippen molar-refractivity contribution < 1.29 is 26.7 Å². The maximum Gasteiger partial charge on any atom is 0.433 e. The van der Waals surface area contributed by atoms with Crippen LogP contribution >= 0.6 is 0 Å². The number of nitrogens with one attached hydrogen (secondary N) is 2. The Labute approximate surface area is 189 Å². The van der Waals surface area contributed by atoms with Gasteiger partial charge in [0.1, 0.15) is 17.3 Å². The Hall–Kier alpha value is -4.41. The molecule has 172 valence electrons. The molecule has 3 heterocycles. The number of anilines is 3. The lowest BCUT2D eigenvalue weighted by molar-refractivity contribution is -0.141. The molecule has 0 spiro atoms. The number of halogens is 5. The van der Waals surface area contributed by atoms with Crippen LogP contribution in [0.3, 0.4) is 0 Å². The second-order valence-electron chi connectivity index (χ2n) is 6.98. The molecule has 1 amide bonds. The summed E-state index contributed by atoms with van der Waals surface area (Å²) in [6.07, 6.45) is -0.666. The molecule has 0 aliphatic carbocycles. The van der Waals surface area contributed by atoms with Gasteiger partial charge in [-0.1, -0.05) is 18.2 Å². The van der Waals surface area contributed by atoms with Crippen LogP contribution in [0.25, 0.3) is 11.1 Å². The lowest BCUT2D eigenvalue weighted by Gasteiger charge is -2.11. The standard InChI is InChI=1S/C23H14F5N5O/c24-17-4-1-3-16(21(17)25)14-9-15(12-29-11-14)31-22(34)13-7-8-30-20(10-13)33-19-6-2-5-18(32-19)23(26,27)28/h1-12H,(H,31,34)(H,30,32,33). The van der Waals surface area contributed by atoms with E-state index in [0.717, 1.165) is 12.1 Å². The quantitative estimate of drug-likeness (QED) is 0.358. The first-order chi connectivity index (χ1) is 16.2. The van der Waals surface area contributed by atoms with E-state index < -0.39 is 29.4 Å². The van der Waals surface area contributed by atoms with Crippen LogP contribution in [0.1, 0.15) is 16.1 Å². The fourth-order valence-electron chi connectivity index (χ4n) is 3.02. The highest BCUT2D eigenvalue weighted by molar-refractivity contribution is 6.04. The lowest BCUT2D eigenvalue weighted by Crippen LogP contribution is -2.13. The highest BCUT2D eigenvalue weighted by Gasteiger charge is 2.32. The van der Waals surface area contributed by atoms with Crippen LogP contribution in [0.4, 0.5) is 39.3 Å².